The highest BCUT2D eigenvalue weighted by molar-refractivity contribution is 6.17. The summed E-state index contributed by atoms with van der Waals surface area (Å²) >= 11 is 5.83. The molecule has 0 saturated heterocycles. The maximum atomic E-state index is 5.83. The third kappa shape index (κ3) is 2.88. The van der Waals surface area contributed by atoms with E-state index in [9.17, 15) is 0 Å². The Morgan fingerprint density at radius 2 is 1.94 bits per heavy atom. The number of anilines is 1. The largest absolute Gasteiger partial charge is 0.348 e. The number of hydrogen-bond donors (Lipinski definition) is 1. The first-order chi connectivity index (χ1) is 8.67. The van der Waals surface area contributed by atoms with Gasteiger partial charge in [-0.05, 0) is 31.9 Å². The molecule has 1 unspecified atom stereocenters. The van der Waals surface area contributed by atoms with Crippen LogP contribution in [0.5, 0.6) is 0 Å². The van der Waals surface area contributed by atoms with Crippen molar-refractivity contribution in [1.29, 1.82) is 0 Å². The molecule has 0 saturated carbocycles. The number of benzene rings is 1. The molecule has 0 aliphatic heterocycles. The van der Waals surface area contributed by atoms with E-state index in [2.05, 4.69) is 34.3 Å². The van der Waals surface area contributed by atoms with E-state index in [0.29, 0.717) is 11.8 Å². The van der Waals surface area contributed by atoms with Crippen LogP contribution in [0.4, 0.5) is 5.95 Å². The minimum absolute atomic E-state index is 0.0914. The molecule has 5 heteroatoms. The zero-order valence-corrected chi connectivity index (χ0v) is 11.4. The van der Waals surface area contributed by atoms with Crippen molar-refractivity contribution in [1.82, 2.24) is 15.2 Å². The van der Waals surface area contributed by atoms with Gasteiger partial charge in [0.1, 0.15) is 5.52 Å². The van der Waals surface area contributed by atoms with Crippen LogP contribution in [0.2, 0.25) is 0 Å². The van der Waals surface area contributed by atoms with Crippen LogP contribution < -0.4 is 5.32 Å². The van der Waals surface area contributed by atoms with E-state index in [1.165, 1.54) is 0 Å². The molecular weight excluding hydrogens is 248 g/mol. The van der Waals surface area contributed by atoms with E-state index >= 15 is 0 Å². The molecule has 18 heavy (non-hydrogen) atoms. The lowest BCUT2D eigenvalue weighted by Crippen LogP contribution is -2.35. The summed E-state index contributed by atoms with van der Waals surface area (Å²) in [6.45, 7) is 4.24. The van der Waals surface area contributed by atoms with Gasteiger partial charge in [0.05, 0.1) is 5.52 Å². The molecule has 2 aromatic rings. The molecule has 1 atom stereocenters. The Labute approximate surface area is 112 Å². The van der Waals surface area contributed by atoms with Gasteiger partial charge in [-0.3, -0.25) is 0 Å². The normalized spacial score (nSPS) is 14.4. The zero-order valence-electron chi connectivity index (χ0n) is 10.7. The van der Waals surface area contributed by atoms with Gasteiger partial charge in [0.25, 0.3) is 0 Å². The summed E-state index contributed by atoms with van der Waals surface area (Å²) in [4.78, 5) is 4.46. The molecule has 0 aliphatic rings. The van der Waals surface area contributed by atoms with Gasteiger partial charge in [0.15, 0.2) is 0 Å². The van der Waals surface area contributed by atoms with Crippen LogP contribution in [0, 0.1) is 0 Å². The summed E-state index contributed by atoms with van der Waals surface area (Å²) in [5, 5.41) is 11.6. The van der Waals surface area contributed by atoms with Crippen LogP contribution >= 0.6 is 11.6 Å². The molecule has 96 valence electrons. The third-order valence-corrected chi connectivity index (χ3v) is 3.39. The predicted octanol–water partition coefficient (Wildman–Crippen LogP) is 3.23. The fourth-order valence-electron chi connectivity index (χ4n) is 1.74. The van der Waals surface area contributed by atoms with Gasteiger partial charge in [-0.1, -0.05) is 19.1 Å². The Balaban J connectivity index is 2.26. The molecule has 0 aliphatic carbocycles. The molecule has 1 heterocycles. The first kappa shape index (κ1) is 13.0. The molecule has 0 amide bonds. The highest BCUT2D eigenvalue weighted by Crippen LogP contribution is 2.20. The van der Waals surface area contributed by atoms with Gasteiger partial charge in [-0.15, -0.1) is 21.8 Å². The molecule has 1 aromatic carbocycles. The molecule has 0 radical (unpaired) electrons. The smallest absolute Gasteiger partial charge is 0.243 e. The lowest BCUT2D eigenvalue weighted by molar-refractivity contribution is 0.476. The second-order valence-corrected chi connectivity index (χ2v) is 4.98. The van der Waals surface area contributed by atoms with Gasteiger partial charge in [0, 0.05) is 11.4 Å². The van der Waals surface area contributed by atoms with Crippen molar-refractivity contribution in [3.8, 4) is 0 Å². The van der Waals surface area contributed by atoms with Crippen LogP contribution in [0.3, 0.4) is 0 Å². The van der Waals surface area contributed by atoms with E-state index in [1.807, 2.05) is 24.3 Å². The number of rotatable bonds is 5. The van der Waals surface area contributed by atoms with Gasteiger partial charge in [-0.25, -0.2) is 4.98 Å². The summed E-state index contributed by atoms with van der Waals surface area (Å²) in [7, 11) is 0. The summed E-state index contributed by atoms with van der Waals surface area (Å²) in [5.41, 5.74) is 1.56. The fraction of sp³-hybridized carbons (Fsp3) is 0.462. The van der Waals surface area contributed by atoms with Crippen molar-refractivity contribution in [2.75, 3.05) is 11.2 Å². The fourth-order valence-corrected chi connectivity index (χ4v) is 2.16. The van der Waals surface area contributed by atoms with Crippen molar-refractivity contribution >= 4 is 28.6 Å². The average Bonchev–Trinajstić information content (AvgIpc) is 2.39. The Bertz CT molecular complexity index is 531. The number of alkyl halides is 1. The second-order valence-electron chi connectivity index (χ2n) is 4.60. The summed E-state index contributed by atoms with van der Waals surface area (Å²) in [6.07, 6.45) is 1.82. The minimum atomic E-state index is -0.0914. The number of aromatic nitrogens is 3. The second kappa shape index (κ2) is 5.48. The summed E-state index contributed by atoms with van der Waals surface area (Å²) in [5.74, 6) is 1.17. The molecule has 4 nitrogen and oxygen atoms in total. The monoisotopic (exact) mass is 264 g/mol. The Hall–Kier alpha value is -1.42. The van der Waals surface area contributed by atoms with Crippen LogP contribution in [-0.4, -0.2) is 26.6 Å². The number of para-hydroxylation sites is 1. The average molecular weight is 265 g/mol. The van der Waals surface area contributed by atoms with Crippen LogP contribution in [0.1, 0.15) is 26.7 Å². The molecule has 0 spiro atoms. The molecule has 0 fully saturated rings. The van der Waals surface area contributed by atoms with Crippen LogP contribution in [0.15, 0.2) is 24.3 Å². The number of nitrogens with zero attached hydrogens (tertiary/aromatic N) is 3. The maximum absolute atomic E-state index is 5.83. The van der Waals surface area contributed by atoms with Gasteiger partial charge in [0.2, 0.25) is 5.95 Å². The van der Waals surface area contributed by atoms with Crippen molar-refractivity contribution in [2.24, 2.45) is 0 Å². The lowest BCUT2D eigenvalue weighted by atomic mass is 9.96. The summed E-state index contributed by atoms with van der Waals surface area (Å²) in [6, 6.07) is 7.70. The highest BCUT2D eigenvalue weighted by atomic mass is 35.5. The van der Waals surface area contributed by atoms with E-state index in [4.69, 9.17) is 11.6 Å². The van der Waals surface area contributed by atoms with Crippen LogP contribution in [0.25, 0.3) is 11.0 Å². The zero-order chi connectivity index (χ0) is 13.0. The molecule has 2 rings (SSSR count). The van der Waals surface area contributed by atoms with Crippen molar-refractivity contribution < 1.29 is 0 Å². The van der Waals surface area contributed by atoms with Crippen molar-refractivity contribution in [3.63, 3.8) is 0 Å². The van der Waals surface area contributed by atoms with Gasteiger partial charge >= 0.3 is 0 Å². The SMILES string of the molecule is CCC(C)(CCCl)Nc1nnc2ccccc2n1. The first-order valence-corrected chi connectivity index (χ1v) is 6.64. The third-order valence-electron chi connectivity index (χ3n) is 3.20. The molecule has 1 aromatic heterocycles. The first-order valence-electron chi connectivity index (χ1n) is 6.10. The number of halogens is 1. The van der Waals surface area contributed by atoms with E-state index in [-0.39, 0.29) is 5.54 Å². The Morgan fingerprint density at radius 1 is 1.22 bits per heavy atom. The van der Waals surface area contributed by atoms with Gasteiger partial charge < -0.3 is 5.32 Å². The topological polar surface area (TPSA) is 50.7 Å². The number of nitrogens with one attached hydrogen (secondary N) is 1. The predicted molar refractivity (Wildman–Crippen MR) is 75.0 cm³/mol. The number of hydrogen-bond acceptors (Lipinski definition) is 4. The van der Waals surface area contributed by atoms with Crippen molar-refractivity contribution in [2.45, 2.75) is 32.2 Å². The standard InChI is InChI=1S/C13H17ClN4/c1-3-13(2,8-9-14)16-12-15-10-6-4-5-7-11(10)17-18-12/h4-7H,3,8-9H2,1-2H3,(H,15,16,18). The highest BCUT2D eigenvalue weighted by Gasteiger charge is 2.22. The maximum Gasteiger partial charge on any atom is 0.243 e. The van der Waals surface area contributed by atoms with Crippen molar-refractivity contribution in [3.05, 3.63) is 24.3 Å². The Kier molecular flexibility index (Phi) is 3.97. The quantitative estimate of drug-likeness (QED) is 0.843. The Morgan fingerprint density at radius 3 is 2.61 bits per heavy atom. The summed E-state index contributed by atoms with van der Waals surface area (Å²) < 4.78 is 0. The molecular formula is C13H17ClN4. The van der Waals surface area contributed by atoms with E-state index in [1.54, 1.807) is 0 Å². The molecule has 0 bridgehead atoms. The minimum Gasteiger partial charge on any atom is -0.348 e. The number of fused-ring (bicyclic) bond motifs is 1. The van der Waals surface area contributed by atoms with E-state index in [0.717, 1.165) is 23.9 Å². The molecule has 1 N–H and O–H groups in total. The van der Waals surface area contributed by atoms with Crippen LogP contribution in [-0.2, 0) is 0 Å². The lowest BCUT2D eigenvalue weighted by Gasteiger charge is -2.28. The van der Waals surface area contributed by atoms with E-state index < -0.39 is 0 Å². The van der Waals surface area contributed by atoms with Gasteiger partial charge in [-0.2, -0.15) is 0 Å².